The summed E-state index contributed by atoms with van der Waals surface area (Å²) in [6.45, 7) is 4.73. The fourth-order valence-electron chi connectivity index (χ4n) is 4.79. The standard InChI is InChI=1S/C27H30F2N4O4S/c1-19(2)38(35,36)32-12-10-31(11-13-32)24-17-30-33(23-15-21(28)14-22(29)16-23)26(34)25(24)37-18-27(8-9-27)20-6-4-3-5-7-20/h3-7,14-17,19H,8-13,18H2,1-2H3. The van der Waals surface area contributed by atoms with Crippen LogP contribution in [0.2, 0.25) is 0 Å². The van der Waals surface area contributed by atoms with Gasteiger partial charge in [0, 0.05) is 37.7 Å². The molecule has 2 aromatic carbocycles. The van der Waals surface area contributed by atoms with Gasteiger partial charge in [-0.2, -0.15) is 14.1 Å². The van der Waals surface area contributed by atoms with E-state index in [1.165, 1.54) is 10.5 Å². The van der Waals surface area contributed by atoms with E-state index in [-0.39, 0.29) is 36.5 Å². The van der Waals surface area contributed by atoms with E-state index < -0.39 is 32.5 Å². The van der Waals surface area contributed by atoms with E-state index in [1.54, 1.807) is 13.8 Å². The SMILES string of the molecule is CC(C)S(=O)(=O)N1CCN(c2cnn(-c3cc(F)cc(F)c3)c(=O)c2OCC2(c3ccccc3)CC2)CC1. The molecule has 1 aromatic heterocycles. The minimum absolute atomic E-state index is 0.0204. The molecule has 38 heavy (non-hydrogen) atoms. The van der Waals surface area contributed by atoms with Gasteiger partial charge in [0.25, 0.3) is 0 Å². The molecule has 202 valence electrons. The molecule has 0 atom stereocenters. The zero-order chi connectivity index (χ0) is 27.1. The van der Waals surface area contributed by atoms with E-state index in [1.807, 2.05) is 35.2 Å². The molecule has 0 spiro atoms. The van der Waals surface area contributed by atoms with Gasteiger partial charge in [-0.1, -0.05) is 30.3 Å². The molecule has 1 aliphatic carbocycles. The Hall–Kier alpha value is -3.31. The molecular weight excluding hydrogens is 514 g/mol. The molecule has 5 rings (SSSR count). The lowest BCUT2D eigenvalue weighted by atomic mass is 9.97. The van der Waals surface area contributed by atoms with Gasteiger partial charge in [-0.25, -0.2) is 17.2 Å². The Labute approximate surface area is 220 Å². The highest BCUT2D eigenvalue weighted by molar-refractivity contribution is 7.89. The van der Waals surface area contributed by atoms with Gasteiger partial charge in [0.2, 0.25) is 15.8 Å². The average Bonchev–Trinajstić information content (AvgIpc) is 3.69. The number of sulfonamides is 1. The second kappa shape index (κ2) is 10.1. The maximum absolute atomic E-state index is 13.9. The van der Waals surface area contributed by atoms with E-state index in [0.29, 0.717) is 18.8 Å². The van der Waals surface area contributed by atoms with Crippen molar-refractivity contribution < 1.29 is 21.9 Å². The van der Waals surface area contributed by atoms with Crippen molar-refractivity contribution in [1.29, 1.82) is 0 Å². The quantitative estimate of drug-likeness (QED) is 0.432. The van der Waals surface area contributed by atoms with Crippen LogP contribution in [0.3, 0.4) is 0 Å². The summed E-state index contributed by atoms with van der Waals surface area (Å²) in [4.78, 5) is 15.5. The molecule has 0 N–H and O–H groups in total. The van der Waals surface area contributed by atoms with Crippen LogP contribution in [-0.4, -0.2) is 60.5 Å². The van der Waals surface area contributed by atoms with Crippen molar-refractivity contribution in [2.45, 2.75) is 37.4 Å². The third kappa shape index (κ3) is 5.04. The Morgan fingerprint density at radius 1 is 1.00 bits per heavy atom. The number of piperazine rings is 1. The van der Waals surface area contributed by atoms with E-state index >= 15 is 0 Å². The minimum atomic E-state index is -3.40. The number of benzene rings is 2. The van der Waals surface area contributed by atoms with Gasteiger partial charge in [0.05, 0.1) is 23.7 Å². The number of rotatable bonds is 8. The first-order chi connectivity index (χ1) is 18.1. The highest BCUT2D eigenvalue weighted by atomic mass is 32.2. The molecule has 0 unspecified atom stereocenters. The van der Waals surface area contributed by atoms with Crippen LogP contribution >= 0.6 is 0 Å². The summed E-state index contributed by atoms with van der Waals surface area (Å²) in [5.74, 6) is -1.64. The molecule has 11 heteroatoms. The number of nitrogens with zero attached hydrogens (tertiary/aromatic N) is 4. The van der Waals surface area contributed by atoms with Crippen LogP contribution in [0.1, 0.15) is 32.3 Å². The van der Waals surface area contributed by atoms with Crippen LogP contribution in [0.5, 0.6) is 5.75 Å². The Kier molecular flexibility index (Phi) is 6.99. The third-order valence-electron chi connectivity index (χ3n) is 7.27. The lowest BCUT2D eigenvalue weighted by molar-refractivity contribution is 0.272. The topological polar surface area (TPSA) is 84.7 Å². The maximum atomic E-state index is 13.9. The number of ether oxygens (including phenoxy) is 1. The highest BCUT2D eigenvalue weighted by Crippen LogP contribution is 2.48. The van der Waals surface area contributed by atoms with Gasteiger partial charge in [-0.05, 0) is 44.4 Å². The molecule has 1 aliphatic heterocycles. The van der Waals surface area contributed by atoms with Crippen LogP contribution in [0.25, 0.3) is 5.69 Å². The number of anilines is 1. The summed E-state index contributed by atoms with van der Waals surface area (Å²) >= 11 is 0. The van der Waals surface area contributed by atoms with E-state index in [0.717, 1.165) is 41.3 Å². The summed E-state index contributed by atoms with van der Waals surface area (Å²) in [6.07, 6.45) is 3.26. The van der Waals surface area contributed by atoms with Crippen LogP contribution in [-0.2, 0) is 15.4 Å². The van der Waals surface area contributed by atoms with Crippen LogP contribution in [0.15, 0.2) is 59.5 Å². The van der Waals surface area contributed by atoms with Gasteiger partial charge in [0.1, 0.15) is 17.3 Å². The number of halogens is 2. The summed E-state index contributed by atoms with van der Waals surface area (Å²) in [5.41, 5.74) is 0.632. The zero-order valence-corrected chi connectivity index (χ0v) is 22.1. The largest absolute Gasteiger partial charge is 0.485 e. The van der Waals surface area contributed by atoms with Crippen molar-refractivity contribution in [3.8, 4) is 11.4 Å². The molecule has 0 radical (unpaired) electrons. The normalized spacial score (nSPS) is 17.6. The maximum Gasteiger partial charge on any atom is 0.316 e. The van der Waals surface area contributed by atoms with E-state index in [9.17, 15) is 22.0 Å². The first kappa shape index (κ1) is 26.3. The molecular formula is C27H30F2N4O4S. The molecule has 0 amide bonds. The monoisotopic (exact) mass is 544 g/mol. The van der Waals surface area contributed by atoms with Crippen molar-refractivity contribution in [2.75, 3.05) is 37.7 Å². The van der Waals surface area contributed by atoms with Gasteiger partial charge in [-0.3, -0.25) is 4.79 Å². The lowest BCUT2D eigenvalue weighted by Crippen LogP contribution is -2.50. The Morgan fingerprint density at radius 3 is 2.21 bits per heavy atom. The average molecular weight is 545 g/mol. The Bertz CT molecular complexity index is 1460. The Morgan fingerprint density at radius 2 is 1.63 bits per heavy atom. The summed E-state index contributed by atoms with van der Waals surface area (Å²) in [5, 5.41) is 3.67. The molecule has 3 aromatic rings. The van der Waals surface area contributed by atoms with Crippen molar-refractivity contribution in [1.82, 2.24) is 14.1 Å². The van der Waals surface area contributed by atoms with Gasteiger partial charge < -0.3 is 9.64 Å². The van der Waals surface area contributed by atoms with Crippen LogP contribution in [0.4, 0.5) is 14.5 Å². The molecule has 0 bridgehead atoms. The summed E-state index contributed by atoms with van der Waals surface area (Å²) in [6, 6.07) is 12.7. The van der Waals surface area contributed by atoms with Crippen molar-refractivity contribution >= 4 is 15.7 Å². The predicted octanol–water partition coefficient (Wildman–Crippen LogP) is 3.48. The van der Waals surface area contributed by atoms with Crippen LogP contribution < -0.4 is 15.2 Å². The second-order valence-corrected chi connectivity index (χ2v) is 12.6. The first-order valence-electron chi connectivity index (χ1n) is 12.6. The molecule has 2 heterocycles. The predicted molar refractivity (Wildman–Crippen MR) is 140 cm³/mol. The van der Waals surface area contributed by atoms with Crippen LogP contribution in [0, 0.1) is 11.6 Å². The van der Waals surface area contributed by atoms with Gasteiger partial charge in [-0.15, -0.1) is 0 Å². The summed E-state index contributed by atoms with van der Waals surface area (Å²) in [7, 11) is -3.40. The van der Waals surface area contributed by atoms with Gasteiger partial charge >= 0.3 is 5.56 Å². The zero-order valence-electron chi connectivity index (χ0n) is 21.3. The Balaban J connectivity index is 1.48. The minimum Gasteiger partial charge on any atom is -0.485 e. The van der Waals surface area contributed by atoms with Crippen molar-refractivity contribution in [3.63, 3.8) is 0 Å². The second-order valence-electron chi connectivity index (χ2n) is 10.1. The fourth-order valence-corrected chi connectivity index (χ4v) is 6.06. The highest BCUT2D eigenvalue weighted by Gasteiger charge is 2.45. The summed E-state index contributed by atoms with van der Waals surface area (Å²) < 4.78 is 61.7. The molecule has 8 nitrogen and oxygen atoms in total. The lowest BCUT2D eigenvalue weighted by Gasteiger charge is -2.36. The van der Waals surface area contributed by atoms with E-state index in [2.05, 4.69) is 5.10 Å². The first-order valence-corrected chi connectivity index (χ1v) is 14.1. The number of hydrogen-bond acceptors (Lipinski definition) is 6. The van der Waals surface area contributed by atoms with Crippen molar-refractivity contribution in [2.24, 2.45) is 0 Å². The number of aromatic nitrogens is 2. The fraction of sp³-hybridized carbons (Fsp3) is 0.407. The molecule has 1 saturated heterocycles. The van der Waals surface area contributed by atoms with Crippen molar-refractivity contribution in [3.05, 3.63) is 82.3 Å². The van der Waals surface area contributed by atoms with Gasteiger partial charge in [0.15, 0.2) is 0 Å². The molecule has 1 saturated carbocycles. The molecule has 2 fully saturated rings. The third-order valence-corrected chi connectivity index (χ3v) is 9.55. The molecule has 2 aliphatic rings. The smallest absolute Gasteiger partial charge is 0.316 e. The number of hydrogen-bond donors (Lipinski definition) is 0. The van der Waals surface area contributed by atoms with E-state index in [4.69, 9.17) is 4.74 Å².